The molecular weight excluding hydrogens is 624 g/mol. The molecule has 48 heavy (non-hydrogen) atoms. The third-order valence-corrected chi connectivity index (χ3v) is 15.6. The molecule has 1 aliphatic heterocycles. The zero-order chi connectivity index (χ0) is 35.6. The first-order chi connectivity index (χ1) is 22.2. The van der Waals surface area contributed by atoms with Crippen LogP contribution < -0.4 is 0 Å². The van der Waals surface area contributed by atoms with Gasteiger partial charge in [-0.3, -0.25) is 9.59 Å². The van der Waals surface area contributed by atoms with Crippen LogP contribution in [0.1, 0.15) is 92.9 Å². The number of aliphatic hydroxyl groups is 7. The van der Waals surface area contributed by atoms with Crippen molar-refractivity contribution in [1.29, 1.82) is 0 Å². The normalized spacial score (nSPS) is 56.4. The number of aliphatic carboxylic acids is 1. The van der Waals surface area contributed by atoms with E-state index in [0.29, 0.717) is 44.9 Å². The summed E-state index contributed by atoms with van der Waals surface area (Å²) >= 11 is 0. The van der Waals surface area contributed by atoms with Crippen molar-refractivity contribution in [3.63, 3.8) is 0 Å². The molecule has 272 valence electrons. The van der Waals surface area contributed by atoms with Crippen LogP contribution in [0.25, 0.3) is 0 Å². The minimum absolute atomic E-state index is 0.0595. The molecule has 12 heteroatoms. The van der Waals surface area contributed by atoms with Gasteiger partial charge in [-0.05, 0) is 99.2 Å². The van der Waals surface area contributed by atoms with Crippen molar-refractivity contribution < 1.29 is 59.9 Å². The van der Waals surface area contributed by atoms with Crippen molar-refractivity contribution in [3.05, 3.63) is 11.6 Å². The topological polar surface area (TPSA) is 214 Å². The van der Waals surface area contributed by atoms with Gasteiger partial charge in [0.15, 0.2) is 0 Å². The Morgan fingerprint density at radius 2 is 1.56 bits per heavy atom. The van der Waals surface area contributed by atoms with Crippen molar-refractivity contribution in [2.45, 2.75) is 141 Å². The highest BCUT2D eigenvalue weighted by Gasteiger charge is 2.73. The minimum Gasteiger partial charge on any atom is -0.481 e. The van der Waals surface area contributed by atoms with E-state index in [-0.39, 0.29) is 29.6 Å². The molecule has 4 saturated carbocycles. The second-order valence-electron chi connectivity index (χ2n) is 17.5. The summed E-state index contributed by atoms with van der Waals surface area (Å²) in [6.07, 6.45) is -4.82. The third kappa shape index (κ3) is 4.55. The van der Waals surface area contributed by atoms with Gasteiger partial charge in [-0.25, -0.2) is 0 Å². The van der Waals surface area contributed by atoms with Gasteiger partial charge >= 0.3 is 11.9 Å². The van der Waals surface area contributed by atoms with Gasteiger partial charge in [0.05, 0.1) is 35.2 Å². The Bertz CT molecular complexity index is 1350. The Morgan fingerprint density at radius 3 is 2.19 bits per heavy atom. The number of rotatable bonds is 4. The second-order valence-corrected chi connectivity index (χ2v) is 17.5. The molecule has 5 aliphatic carbocycles. The predicted octanol–water partition coefficient (Wildman–Crippen LogP) is 1.50. The standard InChI is InChI=1S/C36H56O12/c1-17-23-18-7-8-21-31(2)15-19(38)27(42)35(6,30(45)48-28-26(41)25(40)24(39)20(16-37)47-28)22(31)9-10-33(21,4)32(18,3)11-13-36(23,29(43)44)14-12-34(17,5)46/h7,17,19-28,37-42,46H,8-16H2,1-6H3,(H,43,44). The van der Waals surface area contributed by atoms with Gasteiger partial charge in [0.1, 0.15) is 24.4 Å². The van der Waals surface area contributed by atoms with Crippen LogP contribution in [-0.2, 0) is 19.1 Å². The summed E-state index contributed by atoms with van der Waals surface area (Å²) in [5.74, 6) is -2.85. The fourth-order valence-electron chi connectivity index (χ4n) is 12.3. The van der Waals surface area contributed by atoms with E-state index in [9.17, 15) is 50.4 Å². The lowest BCUT2D eigenvalue weighted by atomic mass is 9.33. The van der Waals surface area contributed by atoms with Crippen LogP contribution in [0.4, 0.5) is 0 Å². The number of carbonyl (C=O) groups excluding carboxylic acids is 1. The van der Waals surface area contributed by atoms with Gasteiger partial charge in [-0.15, -0.1) is 0 Å². The molecule has 0 amide bonds. The summed E-state index contributed by atoms with van der Waals surface area (Å²) in [5, 5.41) is 85.8. The molecule has 0 spiro atoms. The number of hydrogen-bond donors (Lipinski definition) is 8. The first-order valence-electron chi connectivity index (χ1n) is 17.7. The van der Waals surface area contributed by atoms with Gasteiger partial charge < -0.3 is 50.3 Å². The largest absolute Gasteiger partial charge is 0.481 e. The van der Waals surface area contributed by atoms with Crippen LogP contribution in [0.3, 0.4) is 0 Å². The van der Waals surface area contributed by atoms with E-state index in [4.69, 9.17) is 9.47 Å². The van der Waals surface area contributed by atoms with Crippen LogP contribution in [0.2, 0.25) is 0 Å². The van der Waals surface area contributed by atoms with Crippen LogP contribution >= 0.6 is 0 Å². The summed E-state index contributed by atoms with van der Waals surface area (Å²) in [6.45, 7) is 11.2. The molecule has 0 bridgehead atoms. The molecular formula is C36H56O12. The Hall–Kier alpha value is -1.64. The second kappa shape index (κ2) is 11.4. The average Bonchev–Trinajstić information content (AvgIpc) is 3.02. The number of aliphatic hydroxyl groups excluding tert-OH is 6. The lowest BCUT2D eigenvalue weighted by Crippen LogP contribution is -2.70. The Labute approximate surface area is 282 Å². The lowest BCUT2D eigenvalue weighted by Gasteiger charge is -2.71. The zero-order valence-electron chi connectivity index (χ0n) is 29.0. The molecule has 12 nitrogen and oxygen atoms in total. The van der Waals surface area contributed by atoms with E-state index in [1.54, 1.807) is 6.92 Å². The summed E-state index contributed by atoms with van der Waals surface area (Å²) in [4.78, 5) is 27.2. The number of allylic oxidation sites excluding steroid dienone is 2. The highest BCUT2D eigenvalue weighted by molar-refractivity contribution is 5.79. The monoisotopic (exact) mass is 680 g/mol. The molecule has 17 unspecified atom stereocenters. The Kier molecular flexibility index (Phi) is 8.61. The number of esters is 1. The molecule has 1 heterocycles. The van der Waals surface area contributed by atoms with Crippen molar-refractivity contribution >= 4 is 11.9 Å². The van der Waals surface area contributed by atoms with Crippen LogP contribution in [0, 0.1) is 50.7 Å². The van der Waals surface area contributed by atoms with Gasteiger partial charge in [-0.1, -0.05) is 39.3 Å². The lowest BCUT2D eigenvalue weighted by molar-refractivity contribution is -0.303. The van der Waals surface area contributed by atoms with Gasteiger partial charge in [-0.2, -0.15) is 0 Å². The Morgan fingerprint density at radius 1 is 0.917 bits per heavy atom. The highest BCUT2D eigenvalue weighted by Crippen LogP contribution is 2.76. The van der Waals surface area contributed by atoms with Crippen LogP contribution in [-0.4, -0.2) is 108 Å². The maximum Gasteiger partial charge on any atom is 0.317 e. The number of hydrogen-bond acceptors (Lipinski definition) is 11. The van der Waals surface area contributed by atoms with E-state index >= 15 is 0 Å². The summed E-state index contributed by atoms with van der Waals surface area (Å²) in [7, 11) is 0. The molecule has 0 aromatic carbocycles. The van der Waals surface area contributed by atoms with Crippen LogP contribution in [0.15, 0.2) is 11.6 Å². The predicted molar refractivity (Wildman–Crippen MR) is 170 cm³/mol. The summed E-state index contributed by atoms with van der Waals surface area (Å²) in [6, 6.07) is 0. The smallest absolute Gasteiger partial charge is 0.317 e. The first-order valence-corrected chi connectivity index (χ1v) is 17.7. The third-order valence-electron chi connectivity index (χ3n) is 15.6. The first kappa shape index (κ1) is 36.2. The molecule has 0 aromatic heterocycles. The van der Waals surface area contributed by atoms with E-state index < -0.39 is 94.6 Å². The highest BCUT2D eigenvalue weighted by atomic mass is 16.7. The molecule has 8 N–H and O–H groups in total. The SMILES string of the molecule is CC1C2C3=CCC4C5(C)CC(O)C(O)C(C)(C(=O)OC6OC(CO)C(O)C(O)C6O)C5CCC4(C)C3(C)CCC2(C(=O)O)CCC1(C)O. The zero-order valence-corrected chi connectivity index (χ0v) is 29.0. The van der Waals surface area contributed by atoms with Gasteiger partial charge in [0, 0.05) is 5.92 Å². The number of ether oxygens (including phenoxy) is 2. The van der Waals surface area contributed by atoms with Gasteiger partial charge in [0.25, 0.3) is 0 Å². The minimum atomic E-state index is -1.81. The number of carboxylic acids is 1. The van der Waals surface area contributed by atoms with Crippen molar-refractivity contribution in [3.8, 4) is 0 Å². The van der Waals surface area contributed by atoms with Crippen molar-refractivity contribution in [1.82, 2.24) is 0 Å². The molecule has 5 fully saturated rings. The van der Waals surface area contributed by atoms with E-state index in [1.165, 1.54) is 0 Å². The number of carbonyl (C=O) groups is 2. The van der Waals surface area contributed by atoms with Crippen LogP contribution in [0.5, 0.6) is 0 Å². The number of fused-ring (bicyclic) bond motifs is 7. The summed E-state index contributed by atoms with van der Waals surface area (Å²) in [5.41, 5.74) is -3.94. The molecule has 6 rings (SSSR count). The molecule has 6 aliphatic rings. The van der Waals surface area contributed by atoms with E-state index in [0.717, 1.165) is 5.57 Å². The number of carboxylic acid groups (broad SMARTS) is 1. The quantitative estimate of drug-likeness (QED) is 0.157. The van der Waals surface area contributed by atoms with E-state index in [1.807, 2.05) is 13.8 Å². The Balaban J connectivity index is 1.37. The molecule has 17 atom stereocenters. The fraction of sp³-hybridized carbons (Fsp3) is 0.889. The molecule has 1 saturated heterocycles. The van der Waals surface area contributed by atoms with Crippen molar-refractivity contribution in [2.24, 2.45) is 50.7 Å². The molecule has 0 radical (unpaired) electrons. The fourth-order valence-corrected chi connectivity index (χ4v) is 12.3. The van der Waals surface area contributed by atoms with E-state index in [2.05, 4.69) is 26.8 Å². The van der Waals surface area contributed by atoms with Crippen molar-refractivity contribution in [2.75, 3.05) is 6.61 Å². The average molecular weight is 681 g/mol. The summed E-state index contributed by atoms with van der Waals surface area (Å²) < 4.78 is 11.1. The van der Waals surface area contributed by atoms with Gasteiger partial charge in [0.2, 0.25) is 6.29 Å². The maximum absolute atomic E-state index is 14.2. The maximum atomic E-state index is 14.2. The molecule has 0 aromatic rings.